The van der Waals surface area contributed by atoms with Crippen LogP contribution in [0.4, 0.5) is 0 Å². The molecular weight excluding hydrogens is 400 g/mol. The highest BCUT2D eigenvalue weighted by Crippen LogP contribution is 2.40. The van der Waals surface area contributed by atoms with E-state index < -0.39 is 0 Å². The Hall–Kier alpha value is -1.86. The molecule has 3 heterocycles. The van der Waals surface area contributed by atoms with E-state index in [1.54, 1.807) is 0 Å². The molecule has 1 fully saturated rings. The minimum absolute atomic E-state index is 0.0105. The Morgan fingerprint density at radius 2 is 1.93 bits per heavy atom. The number of hydrogen-bond donors (Lipinski definition) is 1. The molecule has 5 rings (SSSR count). The predicted molar refractivity (Wildman–Crippen MR) is 118 cm³/mol. The van der Waals surface area contributed by atoms with Crippen molar-refractivity contribution < 1.29 is 4.79 Å². The number of hydrogen-bond acceptors (Lipinski definition) is 6. The van der Waals surface area contributed by atoms with Gasteiger partial charge in [0.1, 0.15) is 10.7 Å². The Bertz CT molecular complexity index is 1060. The number of nitrogens with zero attached hydrogens (tertiary/aromatic N) is 3. The fourth-order valence-electron chi connectivity index (χ4n) is 4.13. The molecule has 0 atom stereocenters. The summed E-state index contributed by atoms with van der Waals surface area (Å²) in [5.41, 5.74) is 3.33. The molecule has 1 amide bonds. The van der Waals surface area contributed by atoms with E-state index in [0.29, 0.717) is 12.5 Å². The lowest BCUT2D eigenvalue weighted by Gasteiger charge is -2.06. The van der Waals surface area contributed by atoms with E-state index in [4.69, 9.17) is 15.0 Å². The van der Waals surface area contributed by atoms with Gasteiger partial charge in [0.25, 0.3) is 5.91 Å². The summed E-state index contributed by atoms with van der Waals surface area (Å²) in [5, 5.41) is 5.38. The molecule has 1 saturated carbocycles. The number of thiophene rings is 1. The smallest absolute Gasteiger partial charge is 0.261 e. The van der Waals surface area contributed by atoms with Crippen LogP contribution in [0.2, 0.25) is 0 Å². The second-order valence-electron chi connectivity index (χ2n) is 8.22. The quantitative estimate of drug-likeness (QED) is 0.570. The molecule has 0 saturated heterocycles. The van der Waals surface area contributed by atoms with Crippen molar-refractivity contribution in [1.82, 2.24) is 20.3 Å². The van der Waals surface area contributed by atoms with Gasteiger partial charge < -0.3 is 5.32 Å². The number of aryl methyl sites for hydroxylation is 5. The Morgan fingerprint density at radius 3 is 2.72 bits per heavy atom. The third-order valence-corrected chi connectivity index (χ3v) is 8.28. The fourth-order valence-corrected chi connectivity index (χ4v) is 6.49. The minimum atomic E-state index is 0.0105. The Morgan fingerprint density at radius 1 is 1.10 bits per heavy atom. The summed E-state index contributed by atoms with van der Waals surface area (Å²) >= 11 is 3.37. The van der Waals surface area contributed by atoms with Crippen LogP contribution in [0.1, 0.15) is 80.4 Å². The van der Waals surface area contributed by atoms with Gasteiger partial charge in [-0.2, -0.15) is 0 Å². The number of nitrogens with one attached hydrogen (secondary N) is 1. The topological polar surface area (TPSA) is 67.8 Å². The van der Waals surface area contributed by atoms with Gasteiger partial charge in [-0.25, -0.2) is 15.0 Å². The molecule has 2 aliphatic carbocycles. The summed E-state index contributed by atoms with van der Waals surface area (Å²) in [6, 6.07) is 0. The van der Waals surface area contributed by atoms with Gasteiger partial charge in [0.15, 0.2) is 0 Å². The molecule has 1 N–H and O–H groups in total. The SMILES string of the molecule is Cc1nc(C2CC2)nc2sc(C(=O)NCCCc3nc4c(s3)CCCC4)c(C)c12. The van der Waals surface area contributed by atoms with E-state index in [-0.39, 0.29) is 5.91 Å². The molecule has 0 radical (unpaired) electrons. The van der Waals surface area contributed by atoms with Crippen LogP contribution in [0.25, 0.3) is 10.2 Å². The molecule has 152 valence electrons. The molecule has 3 aromatic rings. The van der Waals surface area contributed by atoms with Gasteiger partial charge in [0, 0.05) is 29.1 Å². The first-order valence-corrected chi connectivity index (χ1v) is 12.3. The Labute approximate surface area is 179 Å². The molecule has 7 heteroatoms. The number of fused-ring (bicyclic) bond motifs is 2. The summed E-state index contributed by atoms with van der Waals surface area (Å²) in [6.45, 7) is 4.72. The molecule has 0 bridgehead atoms. The zero-order valence-corrected chi connectivity index (χ0v) is 18.6. The third-order valence-electron chi connectivity index (χ3n) is 5.88. The van der Waals surface area contributed by atoms with Crippen molar-refractivity contribution in [3.8, 4) is 0 Å². The first-order valence-electron chi connectivity index (χ1n) is 10.6. The monoisotopic (exact) mass is 426 g/mol. The van der Waals surface area contributed by atoms with Crippen LogP contribution in [0.5, 0.6) is 0 Å². The first kappa shape index (κ1) is 19.1. The zero-order valence-electron chi connectivity index (χ0n) is 17.0. The highest BCUT2D eigenvalue weighted by atomic mass is 32.1. The van der Waals surface area contributed by atoms with Crippen molar-refractivity contribution in [2.75, 3.05) is 6.54 Å². The number of rotatable bonds is 6. The van der Waals surface area contributed by atoms with E-state index in [0.717, 1.165) is 51.4 Å². The van der Waals surface area contributed by atoms with Crippen molar-refractivity contribution >= 4 is 38.8 Å². The number of carbonyl (C=O) groups is 1. The van der Waals surface area contributed by atoms with Gasteiger partial charge in [0.2, 0.25) is 0 Å². The lowest BCUT2D eigenvalue weighted by Crippen LogP contribution is -2.24. The summed E-state index contributed by atoms with van der Waals surface area (Å²) in [7, 11) is 0. The average molecular weight is 427 g/mol. The normalized spacial score (nSPS) is 16.2. The van der Waals surface area contributed by atoms with Gasteiger partial charge in [-0.15, -0.1) is 22.7 Å². The molecule has 0 aromatic carbocycles. The van der Waals surface area contributed by atoms with E-state index in [9.17, 15) is 4.79 Å². The first-order chi connectivity index (χ1) is 14.1. The standard InChI is InChI=1S/C22H26N4OS2/c1-12-18-13(2)24-20(14-9-10-14)26-22(18)29-19(12)21(27)23-11-5-8-17-25-15-6-3-4-7-16(15)28-17/h14H,3-11H2,1-2H3,(H,23,27). The molecular formula is C22H26N4OS2. The maximum atomic E-state index is 12.8. The zero-order chi connectivity index (χ0) is 20.0. The van der Waals surface area contributed by atoms with Gasteiger partial charge >= 0.3 is 0 Å². The van der Waals surface area contributed by atoms with Crippen molar-refractivity contribution in [2.24, 2.45) is 0 Å². The Kier molecular flexibility index (Phi) is 5.12. The van der Waals surface area contributed by atoms with Crippen LogP contribution in [-0.2, 0) is 19.3 Å². The fraction of sp³-hybridized carbons (Fsp3) is 0.545. The van der Waals surface area contributed by atoms with E-state index in [1.807, 2.05) is 25.2 Å². The summed E-state index contributed by atoms with van der Waals surface area (Å²) in [6.07, 6.45) is 9.14. The largest absolute Gasteiger partial charge is 0.351 e. The molecule has 3 aromatic heterocycles. The maximum Gasteiger partial charge on any atom is 0.261 e. The number of aromatic nitrogens is 3. The maximum absolute atomic E-state index is 12.8. The molecule has 0 aliphatic heterocycles. The van der Waals surface area contributed by atoms with Gasteiger partial charge in [-0.3, -0.25) is 4.79 Å². The van der Waals surface area contributed by atoms with Crippen molar-refractivity contribution in [2.45, 2.75) is 71.1 Å². The van der Waals surface area contributed by atoms with Crippen molar-refractivity contribution in [3.63, 3.8) is 0 Å². The van der Waals surface area contributed by atoms with Crippen LogP contribution in [-0.4, -0.2) is 27.4 Å². The number of carbonyl (C=O) groups excluding carboxylic acids is 1. The van der Waals surface area contributed by atoms with Crippen LogP contribution < -0.4 is 5.32 Å². The number of thiazole rings is 1. The minimum Gasteiger partial charge on any atom is -0.351 e. The molecule has 5 nitrogen and oxygen atoms in total. The molecule has 29 heavy (non-hydrogen) atoms. The predicted octanol–water partition coefficient (Wildman–Crippen LogP) is 4.88. The summed E-state index contributed by atoms with van der Waals surface area (Å²) in [4.78, 5) is 30.2. The van der Waals surface area contributed by atoms with E-state index in [2.05, 4.69) is 5.32 Å². The van der Waals surface area contributed by atoms with Crippen molar-refractivity contribution in [1.29, 1.82) is 0 Å². The molecule has 0 spiro atoms. The van der Waals surface area contributed by atoms with E-state index >= 15 is 0 Å². The Balaban J connectivity index is 1.22. The second-order valence-corrected chi connectivity index (χ2v) is 10.4. The lowest BCUT2D eigenvalue weighted by molar-refractivity contribution is 0.0957. The second kappa shape index (κ2) is 7.76. The van der Waals surface area contributed by atoms with Crippen LogP contribution in [0.3, 0.4) is 0 Å². The van der Waals surface area contributed by atoms with Crippen molar-refractivity contribution in [3.05, 3.63) is 37.5 Å². The lowest BCUT2D eigenvalue weighted by atomic mass is 10.0. The highest BCUT2D eigenvalue weighted by Gasteiger charge is 2.28. The summed E-state index contributed by atoms with van der Waals surface area (Å²) in [5.74, 6) is 1.49. The molecule has 2 aliphatic rings. The number of amides is 1. The van der Waals surface area contributed by atoms with Gasteiger partial charge in [-0.05, 0) is 64.4 Å². The average Bonchev–Trinajstić information content (AvgIpc) is 3.39. The highest BCUT2D eigenvalue weighted by molar-refractivity contribution is 7.20. The third kappa shape index (κ3) is 3.82. The van der Waals surface area contributed by atoms with Crippen LogP contribution >= 0.6 is 22.7 Å². The van der Waals surface area contributed by atoms with E-state index in [1.165, 1.54) is 59.0 Å². The van der Waals surface area contributed by atoms with Gasteiger partial charge in [-0.1, -0.05) is 0 Å². The summed E-state index contributed by atoms with van der Waals surface area (Å²) < 4.78 is 0. The van der Waals surface area contributed by atoms with Crippen LogP contribution in [0.15, 0.2) is 0 Å². The van der Waals surface area contributed by atoms with Gasteiger partial charge in [0.05, 0.1) is 21.3 Å². The van der Waals surface area contributed by atoms with Crippen LogP contribution in [0, 0.1) is 13.8 Å². The molecule has 0 unspecified atom stereocenters.